The first-order valence-corrected chi connectivity index (χ1v) is 14.5. The van der Waals surface area contributed by atoms with Gasteiger partial charge in [-0.25, -0.2) is 0 Å². The molecule has 5 saturated carbocycles. The molecule has 0 aliphatic heterocycles. The third-order valence-electron chi connectivity index (χ3n) is 13.7. The molecule has 0 aromatic rings. The number of rotatable bonds is 2. The van der Waals surface area contributed by atoms with E-state index in [9.17, 15) is 4.79 Å². The van der Waals surface area contributed by atoms with E-state index in [1.165, 1.54) is 63.4 Å². The molecule has 5 aliphatic rings. The molecule has 0 aromatic heterocycles. The third-order valence-corrected chi connectivity index (χ3v) is 13.7. The van der Waals surface area contributed by atoms with Gasteiger partial charge in [0.2, 0.25) is 0 Å². The van der Waals surface area contributed by atoms with Crippen LogP contribution in [0, 0.1) is 56.7 Å². The van der Waals surface area contributed by atoms with Gasteiger partial charge < -0.3 is 4.74 Å². The molecule has 0 aromatic carbocycles. The molecular weight excluding hydrogens is 416 g/mol. The molecule has 0 bridgehead atoms. The molecular formula is C32H52O2. The Bertz CT molecular complexity index is 872. The molecule has 2 nitrogen and oxygen atoms in total. The Morgan fingerprint density at radius 2 is 1.47 bits per heavy atom. The first-order valence-electron chi connectivity index (χ1n) is 14.5. The molecule has 192 valence electrons. The Morgan fingerprint density at radius 3 is 2.12 bits per heavy atom. The van der Waals surface area contributed by atoms with E-state index in [1.807, 2.05) is 0 Å². The van der Waals surface area contributed by atoms with Gasteiger partial charge in [0, 0.05) is 12.3 Å². The summed E-state index contributed by atoms with van der Waals surface area (Å²) in [5.41, 5.74) is 3.23. The number of allylic oxidation sites excluding steroid dienone is 1. The van der Waals surface area contributed by atoms with Crippen LogP contribution in [-0.2, 0) is 9.53 Å². The highest BCUT2D eigenvalue weighted by Gasteiger charge is 2.70. The first-order chi connectivity index (χ1) is 15.7. The second kappa shape index (κ2) is 7.61. The zero-order chi connectivity index (χ0) is 24.9. The summed E-state index contributed by atoms with van der Waals surface area (Å²) in [4.78, 5) is 11.9. The second-order valence-corrected chi connectivity index (χ2v) is 15.3. The van der Waals surface area contributed by atoms with Gasteiger partial charge in [-0.15, -0.1) is 0 Å². The van der Waals surface area contributed by atoms with Gasteiger partial charge in [0.15, 0.2) is 0 Å². The van der Waals surface area contributed by atoms with E-state index >= 15 is 0 Å². The van der Waals surface area contributed by atoms with Crippen molar-refractivity contribution in [3.8, 4) is 0 Å². The van der Waals surface area contributed by atoms with E-state index in [0.29, 0.717) is 27.6 Å². The Hall–Kier alpha value is -0.790. The standard InChI is InChI=1S/C32H52O2/c1-20(2)22-12-15-29(6)18-19-31(8)23(27(22)29)10-11-25-30(7)16-14-26(34-21(3)33)28(4,5)24(30)13-17-32(25,31)9/h22-27H,1,10-19H2,2-9H3/t22-,23?,24?,25?,26?,27?,29?,30-,31+,32+/m0/s1. The summed E-state index contributed by atoms with van der Waals surface area (Å²) in [5.74, 6) is 3.74. The Labute approximate surface area is 210 Å². The van der Waals surface area contributed by atoms with Crippen molar-refractivity contribution in [2.45, 2.75) is 126 Å². The van der Waals surface area contributed by atoms with Gasteiger partial charge in [0.05, 0.1) is 0 Å². The number of fused-ring (bicyclic) bond motifs is 7. The number of esters is 1. The van der Waals surface area contributed by atoms with E-state index in [2.05, 4.69) is 55.0 Å². The lowest BCUT2D eigenvalue weighted by molar-refractivity contribution is -0.248. The molecule has 0 radical (unpaired) electrons. The lowest BCUT2D eigenvalue weighted by atomic mass is 9.32. The molecule has 0 spiro atoms. The monoisotopic (exact) mass is 468 g/mol. The van der Waals surface area contributed by atoms with Crippen molar-refractivity contribution in [1.29, 1.82) is 0 Å². The van der Waals surface area contributed by atoms with E-state index in [4.69, 9.17) is 4.74 Å². The van der Waals surface area contributed by atoms with E-state index in [-0.39, 0.29) is 17.5 Å². The Balaban J connectivity index is 1.50. The van der Waals surface area contributed by atoms with Gasteiger partial charge in [-0.3, -0.25) is 4.79 Å². The third kappa shape index (κ3) is 3.08. The van der Waals surface area contributed by atoms with Crippen molar-refractivity contribution in [2.75, 3.05) is 0 Å². The van der Waals surface area contributed by atoms with Crippen LogP contribution in [0.3, 0.4) is 0 Å². The van der Waals surface area contributed by atoms with Gasteiger partial charge in [-0.1, -0.05) is 53.7 Å². The summed E-state index contributed by atoms with van der Waals surface area (Å²) in [5, 5.41) is 0. The number of hydrogen-bond donors (Lipinski definition) is 0. The summed E-state index contributed by atoms with van der Waals surface area (Å²) in [6, 6.07) is 0. The zero-order valence-electron chi connectivity index (χ0n) is 23.6. The summed E-state index contributed by atoms with van der Waals surface area (Å²) in [6.45, 7) is 23.9. The number of carbonyl (C=O) groups is 1. The Morgan fingerprint density at radius 1 is 0.765 bits per heavy atom. The quantitative estimate of drug-likeness (QED) is 0.299. The SMILES string of the molecule is C=C(C)[C@@H]1CCC2(C)CC[C@]3(C)C(CCC4[C@@]5(C)CCC(OC(C)=O)C(C)(C)C5CC[C@]43C)C12. The van der Waals surface area contributed by atoms with Gasteiger partial charge in [0.25, 0.3) is 0 Å². The molecule has 6 unspecified atom stereocenters. The average molecular weight is 469 g/mol. The second-order valence-electron chi connectivity index (χ2n) is 15.3. The van der Waals surface area contributed by atoms with Crippen LogP contribution >= 0.6 is 0 Å². The van der Waals surface area contributed by atoms with Crippen LogP contribution in [0.15, 0.2) is 12.2 Å². The predicted octanol–water partition coefficient (Wildman–Crippen LogP) is 8.60. The zero-order valence-corrected chi connectivity index (χ0v) is 23.6. The number of carbonyl (C=O) groups excluding carboxylic acids is 1. The normalized spacial score (nSPS) is 53.6. The molecule has 0 amide bonds. The van der Waals surface area contributed by atoms with Crippen molar-refractivity contribution in [1.82, 2.24) is 0 Å². The molecule has 0 saturated heterocycles. The van der Waals surface area contributed by atoms with Crippen LogP contribution in [0.1, 0.15) is 120 Å². The van der Waals surface area contributed by atoms with Crippen molar-refractivity contribution in [3.63, 3.8) is 0 Å². The minimum atomic E-state index is -0.107. The highest BCUT2D eigenvalue weighted by atomic mass is 16.5. The Kier molecular flexibility index (Phi) is 5.57. The number of ether oxygens (including phenoxy) is 1. The predicted molar refractivity (Wildman–Crippen MR) is 140 cm³/mol. The van der Waals surface area contributed by atoms with Crippen LogP contribution in [0.5, 0.6) is 0 Å². The van der Waals surface area contributed by atoms with Crippen LogP contribution in [0.25, 0.3) is 0 Å². The van der Waals surface area contributed by atoms with Crippen molar-refractivity contribution < 1.29 is 9.53 Å². The van der Waals surface area contributed by atoms with Crippen molar-refractivity contribution in [2.24, 2.45) is 56.7 Å². The fraction of sp³-hybridized carbons (Fsp3) is 0.906. The largest absolute Gasteiger partial charge is 0.462 e. The summed E-state index contributed by atoms with van der Waals surface area (Å²) in [7, 11) is 0. The summed E-state index contributed by atoms with van der Waals surface area (Å²) >= 11 is 0. The lowest BCUT2D eigenvalue weighted by Crippen LogP contribution is -2.66. The lowest BCUT2D eigenvalue weighted by Gasteiger charge is -2.73. The van der Waals surface area contributed by atoms with Crippen LogP contribution in [-0.4, -0.2) is 12.1 Å². The minimum Gasteiger partial charge on any atom is -0.462 e. The molecule has 5 aliphatic carbocycles. The minimum absolute atomic E-state index is 0.0550. The summed E-state index contributed by atoms with van der Waals surface area (Å²) in [6.07, 6.45) is 13.4. The van der Waals surface area contributed by atoms with Gasteiger partial charge >= 0.3 is 5.97 Å². The smallest absolute Gasteiger partial charge is 0.302 e. The van der Waals surface area contributed by atoms with Crippen LogP contribution in [0.4, 0.5) is 0 Å². The molecule has 0 heterocycles. The molecule has 5 rings (SSSR count). The van der Waals surface area contributed by atoms with Gasteiger partial charge in [0.1, 0.15) is 6.10 Å². The van der Waals surface area contributed by atoms with E-state index in [0.717, 1.165) is 30.1 Å². The number of hydrogen-bond acceptors (Lipinski definition) is 2. The molecule has 0 N–H and O–H groups in total. The molecule has 10 atom stereocenters. The fourth-order valence-electron chi connectivity index (χ4n) is 11.9. The van der Waals surface area contributed by atoms with Crippen molar-refractivity contribution >= 4 is 5.97 Å². The van der Waals surface area contributed by atoms with Crippen LogP contribution < -0.4 is 0 Å². The van der Waals surface area contributed by atoms with Crippen LogP contribution in [0.2, 0.25) is 0 Å². The topological polar surface area (TPSA) is 26.3 Å². The maximum Gasteiger partial charge on any atom is 0.302 e. The average Bonchev–Trinajstić information content (AvgIpc) is 3.08. The molecule has 34 heavy (non-hydrogen) atoms. The first kappa shape index (κ1) is 24.9. The molecule has 5 fully saturated rings. The van der Waals surface area contributed by atoms with Gasteiger partial charge in [-0.05, 0) is 122 Å². The van der Waals surface area contributed by atoms with E-state index in [1.54, 1.807) is 6.92 Å². The van der Waals surface area contributed by atoms with Gasteiger partial charge in [-0.2, -0.15) is 0 Å². The van der Waals surface area contributed by atoms with Crippen molar-refractivity contribution in [3.05, 3.63) is 12.2 Å². The fourth-order valence-corrected chi connectivity index (χ4v) is 11.9. The maximum absolute atomic E-state index is 11.9. The molecule has 2 heteroatoms. The summed E-state index contributed by atoms with van der Waals surface area (Å²) < 4.78 is 5.91. The maximum atomic E-state index is 11.9. The highest BCUT2D eigenvalue weighted by molar-refractivity contribution is 5.66. The van der Waals surface area contributed by atoms with E-state index < -0.39 is 0 Å². The highest BCUT2D eigenvalue weighted by Crippen LogP contribution is 2.77.